The summed E-state index contributed by atoms with van der Waals surface area (Å²) in [4.78, 5) is 19.1. The van der Waals surface area contributed by atoms with Crippen molar-refractivity contribution in [3.05, 3.63) is 69.5 Å². The molecule has 0 spiro atoms. The molecule has 0 saturated carbocycles. The number of benzene rings is 2. The number of hydrogen-bond acceptors (Lipinski definition) is 5. The average molecular weight is 484 g/mol. The van der Waals surface area contributed by atoms with Crippen molar-refractivity contribution in [1.29, 1.82) is 0 Å². The second-order valence-electron chi connectivity index (χ2n) is 6.62. The van der Waals surface area contributed by atoms with E-state index in [0.717, 1.165) is 16.1 Å². The summed E-state index contributed by atoms with van der Waals surface area (Å²) in [6, 6.07) is 14.5. The monoisotopic (exact) mass is 483 g/mol. The van der Waals surface area contributed by atoms with Crippen LogP contribution in [0.25, 0.3) is 11.3 Å². The highest BCUT2D eigenvalue weighted by Gasteiger charge is 2.24. The molecule has 0 bridgehead atoms. The Kier molecular flexibility index (Phi) is 7.15. The third-order valence-electron chi connectivity index (χ3n) is 4.34. The van der Waals surface area contributed by atoms with E-state index in [-0.39, 0.29) is 19.0 Å². The average Bonchev–Trinajstić information content (AvgIpc) is 3.15. The van der Waals surface area contributed by atoms with E-state index in [1.165, 1.54) is 23.3 Å². The molecule has 1 amide bonds. The van der Waals surface area contributed by atoms with E-state index in [1.807, 2.05) is 30.3 Å². The van der Waals surface area contributed by atoms with Gasteiger partial charge in [-0.05, 0) is 23.8 Å². The van der Waals surface area contributed by atoms with Gasteiger partial charge in [-0.1, -0.05) is 53.5 Å². The number of rotatable bonds is 7. The summed E-state index contributed by atoms with van der Waals surface area (Å²) in [5.74, 6) is -0.380. The molecule has 10 heteroatoms. The zero-order chi connectivity index (χ0) is 21.9. The first kappa shape index (κ1) is 22.7. The van der Waals surface area contributed by atoms with Crippen LogP contribution in [0.5, 0.6) is 0 Å². The summed E-state index contributed by atoms with van der Waals surface area (Å²) in [5.41, 5.74) is 2.21. The maximum Gasteiger partial charge on any atom is 0.244 e. The minimum atomic E-state index is -3.50. The van der Waals surface area contributed by atoms with Crippen molar-refractivity contribution in [1.82, 2.24) is 9.29 Å². The molecule has 0 fully saturated rings. The van der Waals surface area contributed by atoms with Gasteiger partial charge in [0.15, 0.2) is 5.13 Å². The second kappa shape index (κ2) is 9.45. The summed E-state index contributed by atoms with van der Waals surface area (Å²) in [6.07, 6.45) is 1.06. The Bertz CT molecular complexity index is 1150. The maximum absolute atomic E-state index is 13.0. The number of amides is 1. The van der Waals surface area contributed by atoms with Gasteiger partial charge < -0.3 is 0 Å². The molecule has 0 N–H and O–H groups in total. The molecule has 1 aromatic heterocycles. The highest BCUT2D eigenvalue weighted by atomic mass is 35.5. The fourth-order valence-electron chi connectivity index (χ4n) is 2.63. The van der Waals surface area contributed by atoms with E-state index in [2.05, 4.69) is 4.98 Å². The number of anilines is 1. The third-order valence-corrected chi connectivity index (χ3v) is 7.01. The lowest BCUT2D eigenvalue weighted by Gasteiger charge is -2.22. The van der Waals surface area contributed by atoms with Crippen molar-refractivity contribution in [3.8, 4) is 11.3 Å². The Hall–Kier alpha value is -1.97. The van der Waals surface area contributed by atoms with E-state index in [0.29, 0.717) is 26.4 Å². The van der Waals surface area contributed by atoms with Crippen molar-refractivity contribution in [2.75, 3.05) is 24.7 Å². The van der Waals surface area contributed by atoms with Crippen molar-refractivity contribution in [3.63, 3.8) is 0 Å². The van der Waals surface area contributed by atoms with E-state index >= 15 is 0 Å². The number of likely N-dealkylation sites (N-methyl/N-ethyl adjacent to an activating group) is 1. The van der Waals surface area contributed by atoms with Crippen molar-refractivity contribution in [2.24, 2.45) is 0 Å². The molecule has 6 nitrogen and oxygen atoms in total. The number of aromatic nitrogens is 1. The fourth-order valence-corrected chi connectivity index (χ4v) is 4.32. The van der Waals surface area contributed by atoms with Crippen molar-refractivity contribution >= 4 is 55.6 Å². The second-order valence-corrected chi connectivity index (χ2v) is 10.4. The van der Waals surface area contributed by atoms with Crippen molar-refractivity contribution in [2.45, 2.75) is 6.54 Å². The molecule has 2 aromatic carbocycles. The molecule has 158 valence electrons. The zero-order valence-electron chi connectivity index (χ0n) is 16.2. The molecule has 0 radical (unpaired) electrons. The Morgan fingerprint density at radius 1 is 1.13 bits per heavy atom. The summed E-state index contributed by atoms with van der Waals surface area (Å²) in [7, 11) is -2.13. The predicted molar refractivity (Wildman–Crippen MR) is 123 cm³/mol. The highest BCUT2D eigenvalue weighted by Crippen LogP contribution is 2.34. The number of sulfonamides is 1. The first-order valence-electron chi connectivity index (χ1n) is 8.81. The molecule has 0 saturated heterocycles. The van der Waals surface area contributed by atoms with Gasteiger partial charge in [0.25, 0.3) is 0 Å². The Morgan fingerprint density at radius 2 is 1.83 bits per heavy atom. The first-order chi connectivity index (χ1) is 14.1. The molecule has 3 aromatic rings. The van der Waals surface area contributed by atoms with Crippen LogP contribution in [0.3, 0.4) is 0 Å². The van der Waals surface area contributed by atoms with E-state index in [4.69, 9.17) is 23.2 Å². The topological polar surface area (TPSA) is 70.6 Å². The lowest BCUT2D eigenvalue weighted by atomic mass is 10.2. The smallest absolute Gasteiger partial charge is 0.244 e. The molecular formula is C20H19Cl2N3O3S2. The van der Waals surface area contributed by atoms with Gasteiger partial charge in [0, 0.05) is 23.0 Å². The first-order valence-corrected chi connectivity index (χ1v) is 12.3. The standard InChI is InChI=1S/C20H19Cl2N3O3S2/c1-24(30(2,27)28)12-19(26)25(11-14-6-4-3-5-7-14)20-23-18(13-29-20)16-9-8-15(21)10-17(16)22/h3-10,13H,11-12H2,1-2H3. The largest absolute Gasteiger partial charge is 0.282 e. The molecule has 0 aliphatic rings. The lowest BCUT2D eigenvalue weighted by Crippen LogP contribution is -2.40. The molecule has 0 atom stereocenters. The third kappa shape index (κ3) is 5.59. The van der Waals surface area contributed by atoms with E-state index in [9.17, 15) is 13.2 Å². The maximum atomic E-state index is 13.0. The van der Waals surface area contributed by atoms with Gasteiger partial charge in [0.2, 0.25) is 15.9 Å². The fraction of sp³-hybridized carbons (Fsp3) is 0.200. The molecular weight excluding hydrogens is 465 g/mol. The predicted octanol–water partition coefficient (Wildman–Crippen LogP) is 4.54. The van der Waals surface area contributed by atoms with Gasteiger partial charge in [0.1, 0.15) is 0 Å². The summed E-state index contributed by atoms with van der Waals surface area (Å²) < 4.78 is 24.5. The van der Waals surface area contributed by atoms with Crippen LogP contribution in [0, 0.1) is 0 Å². The van der Waals surface area contributed by atoms with E-state index in [1.54, 1.807) is 23.6 Å². The van der Waals surface area contributed by atoms with Gasteiger partial charge in [-0.15, -0.1) is 11.3 Å². The summed E-state index contributed by atoms with van der Waals surface area (Å²) in [5, 5.41) is 3.23. The summed E-state index contributed by atoms with van der Waals surface area (Å²) >= 11 is 13.5. The van der Waals surface area contributed by atoms with Gasteiger partial charge in [0.05, 0.1) is 30.1 Å². The van der Waals surface area contributed by atoms with Crippen LogP contribution in [0.1, 0.15) is 5.56 Å². The quantitative estimate of drug-likeness (QED) is 0.494. The molecule has 0 aliphatic heterocycles. The van der Waals surface area contributed by atoms with Crippen molar-refractivity contribution < 1.29 is 13.2 Å². The number of carbonyl (C=O) groups is 1. The van der Waals surface area contributed by atoms with Crippen LogP contribution in [-0.2, 0) is 21.4 Å². The zero-order valence-corrected chi connectivity index (χ0v) is 19.4. The van der Waals surface area contributed by atoms with Crippen LogP contribution in [0.4, 0.5) is 5.13 Å². The Labute approximate surface area is 189 Å². The summed E-state index contributed by atoms with van der Waals surface area (Å²) in [6.45, 7) is -0.0269. The molecule has 0 aliphatic carbocycles. The number of thiazole rings is 1. The van der Waals surface area contributed by atoms with Crippen LogP contribution in [0.15, 0.2) is 53.9 Å². The SMILES string of the molecule is CN(CC(=O)N(Cc1ccccc1)c1nc(-c2ccc(Cl)cc2Cl)cs1)S(C)(=O)=O. The Balaban J connectivity index is 1.94. The lowest BCUT2D eigenvalue weighted by molar-refractivity contribution is -0.118. The van der Waals surface area contributed by atoms with Gasteiger partial charge in [-0.25, -0.2) is 13.4 Å². The molecule has 30 heavy (non-hydrogen) atoms. The molecule has 1 heterocycles. The molecule has 0 unspecified atom stereocenters. The highest BCUT2D eigenvalue weighted by molar-refractivity contribution is 7.88. The Morgan fingerprint density at radius 3 is 2.47 bits per heavy atom. The normalized spacial score (nSPS) is 11.6. The van der Waals surface area contributed by atoms with Gasteiger partial charge in [-0.2, -0.15) is 4.31 Å². The van der Waals surface area contributed by atoms with Crippen LogP contribution in [0.2, 0.25) is 10.0 Å². The number of nitrogens with zero attached hydrogens (tertiary/aromatic N) is 3. The minimum Gasteiger partial charge on any atom is -0.282 e. The number of halogens is 2. The minimum absolute atomic E-state index is 0.262. The number of hydrogen-bond donors (Lipinski definition) is 0. The van der Waals surface area contributed by atoms with E-state index < -0.39 is 10.0 Å². The molecule has 3 rings (SSSR count). The van der Waals surface area contributed by atoms with Gasteiger partial charge in [-0.3, -0.25) is 9.69 Å². The van der Waals surface area contributed by atoms with Gasteiger partial charge >= 0.3 is 0 Å². The van der Waals surface area contributed by atoms with Crippen LogP contribution in [-0.4, -0.2) is 43.5 Å². The number of carbonyl (C=O) groups excluding carboxylic acids is 1. The van der Waals surface area contributed by atoms with Crippen LogP contribution >= 0.6 is 34.5 Å². The van der Waals surface area contributed by atoms with Crippen LogP contribution < -0.4 is 4.90 Å².